The van der Waals surface area contributed by atoms with Crippen LogP contribution in [0.25, 0.3) is 0 Å². The van der Waals surface area contributed by atoms with Crippen LogP contribution in [0.1, 0.15) is 30.9 Å². The summed E-state index contributed by atoms with van der Waals surface area (Å²) < 4.78 is 17.2. The molecule has 2 heterocycles. The number of benzene rings is 1. The Balaban J connectivity index is 1.93. The lowest BCUT2D eigenvalue weighted by molar-refractivity contribution is -0.0458. The average Bonchev–Trinajstić information content (AvgIpc) is 2.73. The summed E-state index contributed by atoms with van der Waals surface area (Å²) in [5.74, 6) is 1.41. The summed E-state index contributed by atoms with van der Waals surface area (Å²) in [4.78, 5) is 0. The predicted molar refractivity (Wildman–Crippen MR) is 75.6 cm³/mol. The van der Waals surface area contributed by atoms with Gasteiger partial charge in [0.25, 0.3) is 0 Å². The summed E-state index contributed by atoms with van der Waals surface area (Å²) in [6, 6.07) is 3.80. The van der Waals surface area contributed by atoms with Gasteiger partial charge in [0.15, 0.2) is 11.5 Å². The molecule has 2 aliphatic heterocycles. The summed E-state index contributed by atoms with van der Waals surface area (Å²) in [6.45, 7) is 2.08. The van der Waals surface area contributed by atoms with Gasteiger partial charge in [-0.2, -0.15) is 0 Å². The molecule has 0 aliphatic carbocycles. The van der Waals surface area contributed by atoms with E-state index >= 15 is 0 Å². The van der Waals surface area contributed by atoms with Gasteiger partial charge in [-0.15, -0.1) is 0 Å². The Kier molecular flexibility index (Phi) is 4.34. The fourth-order valence-corrected chi connectivity index (χ4v) is 3.09. The van der Waals surface area contributed by atoms with E-state index in [0.717, 1.165) is 24.8 Å². The molecule has 4 nitrogen and oxygen atoms in total. The second-order valence-corrected chi connectivity index (χ2v) is 5.66. The van der Waals surface area contributed by atoms with E-state index in [2.05, 4.69) is 0 Å². The third-order valence-electron chi connectivity index (χ3n) is 3.83. The maximum Gasteiger partial charge on any atom is 0.179 e. The molecule has 2 unspecified atom stereocenters. The summed E-state index contributed by atoms with van der Waals surface area (Å²) in [5, 5.41) is 10.1. The summed E-state index contributed by atoms with van der Waals surface area (Å²) in [6.07, 6.45) is 2.68. The molecule has 1 saturated heterocycles. The van der Waals surface area contributed by atoms with Gasteiger partial charge in [0.1, 0.15) is 0 Å². The molecule has 20 heavy (non-hydrogen) atoms. The molecule has 2 atom stereocenters. The lowest BCUT2D eigenvalue weighted by atomic mass is 9.90. The van der Waals surface area contributed by atoms with Crippen LogP contribution in [-0.4, -0.2) is 31.5 Å². The molecule has 0 spiro atoms. The standard InChI is InChI=1S/C15H19ClO4/c16-12-7-11(14-10(9-17)3-1-4-19-14)8-13-15(12)20-6-2-5-18-13/h7-8,10,14,17H,1-6,9H2. The number of hydrogen-bond donors (Lipinski definition) is 1. The van der Waals surface area contributed by atoms with Gasteiger partial charge >= 0.3 is 0 Å². The molecule has 0 bridgehead atoms. The minimum atomic E-state index is -0.122. The van der Waals surface area contributed by atoms with Gasteiger partial charge in [0, 0.05) is 25.6 Å². The number of rotatable bonds is 2. The van der Waals surface area contributed by atoms with Crippen LogP contribution in [0.4, 0.5) is 0 Å². The molecule has 0 radical (unpaired) electrons. The van der Waals surface area contributed by atoms with Crippen LogP contribution in [0.3, 0.4) is 0 Å². The molecule has 1 fully saturated rings. The largest absolute Gasteiger partial charge is 0.489 e. The molecule has 1 N–H and O–H groups in total. The molecule has 1 aromatic rings. The first-order valence-electron chi connectivity index (χ1n) is 7.11. The Bertz CT molecular complexity index is 477. The normalized spacial score (nSPS) is 26.1. The minimum absolute atomic E-state index is 0.115. The van der Waals surface area contributed by atoms with Crippen molar-refractivity contribution in [3.05, 3.63) is 22.7 Å². The minimum Gasteiger partial charge on any atom is -0.489 e. The fraction of sp³-hybridized carbons (Fsp3) is 0.600. The summed E-state index contributed by atoms with van der Waals surface area (Å²) >= 11 is 6.31. The number of ether oxygens (including phenoxy) is 3. The molecule has 0 amide bonds. The maximum atomic E-state index is 9.51. The molecule has 5 heteroatoms. The van der Waals surface area contributed by atoms with Gasteiger partial charge in [0.2, 0.25) is 0 Å². The van der Waals surface area contributed by atoms with Crippen LogP contribution in [0.2, 0.25) is 5.02 Å². The van der Waals surface area contributed by atoms with Crippen LogP contribution >= 0.6 is 11.6 Å². The van der Waals surface area contributed by atoms with Crippen molar-refractivity contribution in [2.75, 3.05) is 26.4 Å². The van der Waals surface area contributed by atoms with Crippen molar-refractivity contribution in [2.45, 2.75) is 25.4 Å². The number of halogens is 1. The Hall–Kier alpha value is -0.970. The van der Waals surface area contributed by atoms with Crippen LogP contribution in [-0.2, 0) is 4.74 Å². The number of aliphatic hydroxyl groups excluding tert-OH is 1. The highest BCUT2D eigenvalue weighted by molar-refractivity contribution is 6.32. The van der Waals surface area contributed by atoms with E-state index in [0.29, 0.717) is 36.3 Å². The topological polar surface area (TPSA) is 47.9 Å². The Morgan fingerprint density at radius 3 is 2.85 bits per heavy atom. The van der Waals surface area contributed by atoms with E-state index < -0.39 is 0 Å². The van der Waals surface area contributed by atoms with Crippen LogP contribution < -0.4 is 9.47 Å². The molecule has 110 valence electrons. The van der Waals surface area contributed by atoms with Crippen molar-refractivity contribution < 1.29 is 19.3 Å². The van der Waals surface area contributed by atoms with Crippen molar-refractivity contribution in [3.8, 4) is 11.5 Å². The SMILES string of the molecule is OCC1CCCOC1c1cc(Cl)c2c(c1)OCCCO2. The van der Waals surface area contributed by atoms with Crippen molar-refractivity contribution in [1.82, 2.24) is 0 Å². The highest BCUT2D eigenvalue weighted by Crippen LogP contribution is 2.42. The Labute approximate surface area is 123 Å². The van der Waals surface area contributed by atoms with Gasteiger partial charge in [0.05, 0.1) is 24.3 Å². The van der Waals surface area contributed by atoms with Crippen molar-refractivity contribution in [3.63, 3.8) is 0 Å². The van der Waals surface area contributed by atoms with Gasteiger partial charge in [-0.05, 0) is 30.5 Å². The van der Waals surface area contributed by atoms with Crippen molar-refractivity contribution in [1.29, 1.82) is 0 Å². The molecule has 3 rings (SSSR count). The second kappa shape index (κ2) is 6.20. The first-order valence-corrected chi connectivity index (χ1v) is 7.49. The summed E-state index contributed by atoms with van der Waals surface area (Å²) in [5.41, 5.74) is 0.956. The smallest absolute Gasteiger partial charge is 0.179 e. The third kappa shape index (κ3) is 2.73. The monoisotopic (exact) mass is 298 g/mol. The van der Waals surface area contributed by atoms with E-state index in [9.17, 15) is 5.11 Å². The zero-order valence-electron chi connectivity index (χ0n) is 11.3. The van der Waals surface area contributed by atoms with Crippen LogP contribution in [0.5, 0.6) is 11.5 Å². The van der Waals surface area contributed by atoms with Gasteiger partial charge in [-0.3, -0.25) is 0 Å². The van der Waals surface area contributed by atoms with Gasteiger partial charge in [-0.25, -0.2) is 0 Å². The first-order chi connectivity index (χ1) is 9.79. The lowest BCUT2D eigenvalue weighted by Gasteiger charge is -2.31. The lowest BCUT2D eigenvalue weighted by Crippen LogP contribution is -2.25. The van der Waals surface area contributed by atoms with Gasteiger partial charge < -0.3 is 19.3 Å². The number of aliphatic hydroxyl groups is 1. The summed E-state index contributed by atoms with van der Waals surface area (Å²) in [7, 11) is 0. The maximum absolute atomic E-state index is 9.51. The molecule has 0 saturated carbocycles. The number of hydrogen-bond acceptors (Lipinski definition) is 4. The zero-order chi connectivity index (χ0) is 13.9. The van der Waals surface area contributed by atoms with Crippen molar-refractivity contribution >= 4 is 11.6 Å². The fourth-order valence-electron chi connectivity index (χ4n) is 2.81. The first kappa shape index (κ1) is 14.0. The molecular weight excluding hydrogens is 280 g/mol. The average molecular weight is 299 g/mol. The molecule has 2 aliphatic rings. The predicted octanol–water partition coefficient (Wildman–Crippen LogP) is 2.96. The van der Waals surface area contributed by atoms with E-state index in [1.807, 2.05) is 12.1 Å². The highest BCUT2D eigenvalue weighted by Gasteiger charge is 2.29. The van der Waals surface area contributed by atoms with Crippen molar-refractivity contribution in [2.24, 2.45) is 5.92 Å². The third-order valence-corrected chi connectivity index (χ3v) is 4.11. The van der Waals surface area contributed by atoms with E-state index in [1.54, 1.807) is 0 Å². The quantitative estimate of drug-likeness (QED) is 0.912. The molecule has 1 aromatic carbocycles. The second-order valence-electron chi connectivity index (χ2n) is 5.26. The molecule has 0 aromatic heterocycles. The highest BCUT2D eigenvalue weighted by atomic mass is 35.5. The van der Waals surface area contributed by atoms with E-state index in [1.165, 1.54) is 0 Å². The van der Waals surface area contributed by atoms with Crippen LogP contribution in [0, 0.1) is 5.92 Å². The number of fused-ring (bicyclic) bond motifs is 1. The Morgan fingerprint density at radius 2 is 2.00 bits per heavy atom. The van der Waals surface area contributed by atoms with E-state index in [4.69, 9.17) is 25.8 Å². The van der Waals surface area contributed by atoms with E-state index in [-0.39, 0.29) is 18.6 Å². The van der Waals surface area contributed by atoms with Gasteiger partial charge in [-0.1, -0.05) is 11.6 Å². The van der Waals surface area contributed by atoms with Crippen LogP contribution in [0.15, 0.2) is 12.1 Å². The zero-order valence-corrected chi connectivity index (χ0v) is 12.1. The molecular formula is C15H19ClO4. The Morgan fingerprint density at radius 1 is 1.15 bits per heavy atom.